The zero-order valence-electron chi connectivity index (χ0n) is 11.5. The number of oxime groups is 1. The van der Waals surface area contributed by atoms with E-state index in [9.17, 15) is 0 Å². The summed E-state index contributed by atoms with van der Waals surface area (Å²) in [6.07, 6.45) is 1.65. The highest BCUT2D eigenvalue weighted by Gasteiger charge is 2.15. The number of nitrogens with zero attached hydrogens (tertiary/aromatic N) is 1. The van der Waals surface area contributed by atoms with Crippen molar-refractivity contribution >= 4 is 22.1 Å². The highest BCUT2D eigenvalue weighted by atomic mass is 79.9. The Morgan fingerprint density at radius 3 is 2.67 bits per heavy atom. The van der Waals surface area contributed by atoms with Crippen LogP contribution in [0, 0.1) is 6.92 Å². The highest BCUT2D eigenvalue weighted by Crippen LogP contribution is 2.36. The normalized spacial score (nSPS) is 12.9. The number of ether oxygens (including phenoxy) is 2. The van der Waals surface area contributed by atoms with Crippen LogP contribution in [0.15, 0.2) is 46.0 Å². The molecule has 4 nitrogen and oxygen atoms in total. The minimum Gasteiger partial charge on any atom is -0.454 e. The predicted molar refractivity (Wildman–Crippen MR) is 83.8 cm³/mol. The van der Waals surface area contributed by atoms with Crippen molar-refractivity contribution in [2.45, 2.75) is 13.5 Å². The molecule has 0 saturated heterocycles. The van der Waals surface area contributed by atoms with Crippen molar-refractivity contribution in [1.82, 2.24) is 0 Å². The quantitative estimate of drug-likeness (QED) is 0.619. The Hall–Kier alpha value is -2.01. The average Bonchev–Trinajstić information content (AvgIpc) is 2.92. The van der Waals surface area contributed by atoms with Crippen LogP contribution in [0.25, 0.3) is 0 Å². The van der Waals surface area contributed by atoms with Crippen LogP contribution in [0.2, 0.25) is 0 Å². The second-order valence-electron chi connectivity index (χ2n) is 4.72. The molecule has 0 saturated carbocycles. The number of hydrogen-bond donors (Lipinski definition) is 0. The molecule has 108 valence electrons. The maximum absolute atomic E-state index is 5.34. The van der Waals surface area contributed by atoms with Crippen LogP contribution in [-0.2, 0) is 11.4 Å². The number of rotatable bonds is 4. The minimum absolute atomic E-state index is 0.256. The lowest BCUT2D eigenvalue weighted by Crippen LogP contribution is -1.93. The van der Waals surface area contributed by atoms with Crippen molar-refractivity contribution in [3.63, 3.8) is 0 Å². The van der Waals surface area contributed by atoms with E-state index in [1.54, 1.807) is 6.21 Å². The summed E-state index contributed by atoms with van der Waals surface area (Å²) < 4.78 is 11.5. The van der Waals surface area contributed by atoms with Gasteiger partial charge in [0.25, 0.3) is 0 Å². The summed E-state index contributed by atoms with van der Waals surface area (Å²) in [5, 5.41) is 3.99. The molecule has 0 spiro atoms. The third-order valence-corrected chi connectivity index (χ3v) is 3.80. The molecule has 0 amide bonds. The first-order valence-corrected chi connectivity index (χ1v) is 7.32. The fourth-order valence-corrected chi connectivity index (χ4v) is 2.35. The van der Waals surface area contributed by atoms with Crippen LogP contribution in [0.4, 0.5) is 0 Å². The molecule has 5 heteroatoms. The summed E-state index contributed by atoms with van der Waals surface area (Å²) in [5.74, 6) is 1.46. The van der Waals surface area contributed by atoms with Crippen LogP contribution in [0.1, 0.15) is 16.7 Å². The summed E-state index contributed by atoms with van der Waals surface area (Å²) >= 11 is 3.47. The van der Waals surface area contributed by atoms with E-state index < -0.39 is 0 Å². The van der Waals surface area contributed by atoms with Gasteiger partial charge in [0.05, 0.1) is 6.21 Å². The van der Waals surface area contributed by atoms with Crippen molar-refractivity contribution in [2.75, 3.05) is 6.79 Å². The first-order chi connectivity index (χ1) is 10.2. The number of halogens is 1. The second kappa shape index (κ2) is 6.18. The lowest BCUT2D eigenvalue weighted by Gasteiger charge is -2.02. The molecule has 0 atom stereocenters. The maximum Gasteiger partial charge on any atom is 0.231 e. The molecule has 2 aromatic carbocycles. The fraction of sp³-hybridized carbons (Fsp3) is 0.188. The van der Waals surface area contributed by atoms with Crippen molar-refractivity contribution in [2.24, 2.45) is 5.16 Å². The van der Waals surface area contributed by atoms with Gasteiger partial charge < -0.3 is 14.3 Å². The van der Waals surface area contributed by atoms with Gasteiger partial charge in [0, 0.05) is 10.0 Å². The Bertz CT molecular complexity index is 668. The van der Waals surface area contributed by atoms with Crippen molar-refractivity contribution < 1.29 is 14.3 Å². The highest BCUT2D eigenvalue weighted by molar-refractivity contribution is 9.10. The van der Waals surface area contributed by atoms with E-state index in [0.717, 1.165) is 27.1 Å². The summed E-state index contributed by atoms with van der Waals surface area (Å²) in [7, 11) is 0. The molecule has 1 aliphatic heterocycles. The molecular formula is C16H14BrNO3. The summed E-state index contributed by atoms with van der Waals surface area (Å²) in [6.45, 7) is 2.76. The molecule has 21 heavy (non-hydrogen) atoms. The minimum atomic E-state index is 0.256. The zero-order valence-corrected chi connectivity index (χ0v) is 13.1. The maximum atomic E-state index is 5.34. The van der Waals surface area contributed by atoms with E-state index in [4.69, 9.17) is 14.3 Å². The molecule has 3 rings (SSSR count). The molecule has 0 aromatic heterocycles. The Morgan fingerprint density at radius 2 is 1.90 bits per heavy atom. The molecular weight excluding hydrogens is 334 g/mol. The van der Waals surface area contributed by atoms with Crippen LogP contribution >= 0.6 is 15.9 Å². The van der Waals surface area contributed by atoms with Crippen LogP contribution in [0.3, 0.4) is 0 Å². The summed E-state index contributed by atoms with van der Waals surface area (Å²) in [5.41, 5.74) is 3.19. The van der Waals surface area contributed by atoms with Crippen LogP contribution in [-0.4, -0.2) is 13.0 Å². The van der Waals surface area contributed by atoms with Gasteiger partial charge in [-0.25, -0.2) is 0 Å². The zero-order chi connectivity index (χ0) is 14.7. The molecule has 0 fully saturated rings. The molecule has 0 aliphatic carbocycles. The monoisotopic (exact) mass is 347 g/mol. The topological polar surface area (TPSA) is 40.0 Å². The predicted octanol–water partition coefficient (Wildman–Crippen LogP) is 4.04. The number of hydrogen-bond acceptors (Lipinski definition) is 4. The Balaban J connectivity index is 1.62. The number of aryl methyl sites for hydroxylation is 1. The van der Waals surface area contributed by atoms with Gasteiger partial charge in [0.15, 0.2) is 11.5 Å². The Morgan fingerprint density at radius 1 is 1.19 bits per heavy atom. The van der Waals surface area contributed by atoms with Crippen molar-refractivity contribution in [1.29, 1.82) is 0 Å². The molecule has 0 radical (unpaired) electrons. The lowest BCUT2D eigenvalue weighted by atomic mass is 10.2. The first-order valence-electron chi connectivity index (χ1n) is 6.52. The largest absolute Gasteiger partial charge is 0.454 e. The van der Waals surface area contributed by atoms with E-state index in [2.05, 4.69) is 40.1 Å². The van der Waals surface area contributed by atoms with Gasteiger partial charge >= 0.3 is 0 Å². The standard InChI is InChI=1S/C16H14BrNO3/c1-11-2-4-12(5-3-11)9-21-18-8-13-6-15-16(7-14(13)17)20-10-19-15/h2-8H,9-10H2,1H3/b18-8+. The number of benzene rings is 2. The SMILES string of the molecule is Cc1ccc(CO/N=C/c2cc3c(cc2Br)OCO3)cc1. The lowest BCUT2D eigenvalue weighted by molar-refractivity contribution is 0.132. The van der Waals surface area contributed by atoms with E-state index in [1.807, 2.05) is 24.3 Å². The van der Waals surface area contributed by atoms with E-state index >= 15 is 0 Å². The van der Waals surface area contributed by atoms with Gasteiger partial charge in [0.1, 0.15) is 6.61 Å². The fourth-order valence-electron chi connectivity index (χ4n) is 1.92. The average molecular weight is 348 g/mol. The van der Waals surface area contributed by atoms with Gasteiger partial charge in [-0.05, 0) is 40.5 Å². The van der Waals surface area contributed by atoms with E-state index in [-0.39, 0.29) is 6.79 Å². The molecule has 0 bridgehead atoms. The first kappa shape index (κ1) is 13.9. The number of fused-ring (bicyclic) bond motifs is 1. The molecule has 0 unspecified atom stereocenters. The van der Waals surface area contributed by atoms with Gasteiger partial charge in [-0.1, -0.05) is 35.0 Å². The molecule has 1 heterocycles. The van der Waals surface area contributed by atoms with E-state index in [1.165, 1.54) is 5.56 Å². The summed E-state index contributed by atoms with van der Waals surface area (Å²) in [6, 6.07) is 11.9. The Kier molecular flexibility index (Phi) is 4.10. The van der Waals surface area contributed by atoms with Gasteiger partial charge in [0.2, 0.25) is 6.79 Å². The van der Waals surface area contributed by atoms with E-state index in [0.29, 0.717) is 6.61 Å². The van der Waals surface area contributed by atoms with Crippen molar-refractivity contribution in [3.8, 4) is 11.5 Å². The molecule has 1 aliphatic rings. The van der Waals surface area contributed by atoms with Crippen molar-refractivity contribution in [3.05, 3.63) is 57.6 Å². The molecule has 2 aromatic rings. The Labute approximate surface area is 131 Å². The molecule has 0 N–H and O–H groups in total. The van der Waals surface area contributed by atoms with Gasteiger partial charge in [-0.2, -0.15) is 0 Å². The third-order valence-electron chi connectivity index (χ3n) is 3.11. The van der Waals surface area contributed by atoms with Gasteiger partial charge in [-0.15, -0.1) is 0 Å². The van der Waals surface area contributed by atoms with Gasteiger partial charge in [-0.3, -0.25) is 0 Å². The van der Waals surface area contributed by atoms with Crippen LogP contribution < -0.4 is 9.47 Å². The van der Waals surface area contributed by atoms with Crippen LogP contribution in [0.5, 0.6) is 11.5 Å². The summed E-state index contributed by atoms with van der Waals surface area (Å²) in [4.78, 5) is 5.31. The third kappa shape index (κ3) is 3.36. The second-order valence-corrected chi connectivity index (χ2v) is 5.57. The smallest absolute Gasteiger partial charge is 0.231 e.